The van der Waals surface area contributed by atoms with Crippen LogP contribution >= 0.6 is 0 Å². The van der Waals surface area contributed by atoms with Gasteiger partial charge in [0.2, 0.25) is 0 Å². The van der Waals surface area contributed by atoms with Gasteiger partial charge in [0.05, 0.1) is 12.0 Å². The fourth-order valence-corrected chi connectivity index (χ4v) is 1.33. The van der Waals surface area contributed by atoms with E-state index in [1.165, 1.54) is 0 Å². The Hall–Kier alpha value is -0.570. The molecule has 0 radical (unpaired) electrons. The number of carbonyl (C=O) groups is 1. The van der Waals surface area contributed by atoms with E-state index in [9.17, 15) is 9.90 Å². The lowest BCUT2D eigenvalue weighted by Gasteiger charge is -2.16. The van der Waals surface area contributed by atoms with E-state index in [1.807, 2.05) is 0 Å². The zero-order valence-electron chi connectivity index (χ0n) is 7.62. The van der Waals surface area contributed by atoms with Gasteiger partial charge in [-0.25, -0.2) is 0 Å². The van der Waals surface area contributed by atoms with Crippen molar-refractivity contribution < 1.29 is 14.6 Å². The summed E-state index contributed by atoms with van der Waals surface area (Å²) in [6, 6.07) is 0. The number of rotatable bonds is 2. The number of aliphatic hydroxyl groups excluding tert-OH is 1. The lowest BCUT2D eigenvalue weighted by molar-refractivity contribution is -0.157. The predicted octanol–water partition coefficient (Wildman–Crippen LogP) is 1.10. The molecule has 1 saturated carbocycles. The molecule has 70 valence electrons. The molecule has 1 rings (SSSR count). The molecule has 0 heterocycles. The van der Waals surface area contributed by atoms with Gasteiger partial charge in [0.15, 0.2) is 0 Å². The van der Waals surface area contributed by atoms with Crippen LogP contribution in [0.5, 0.6) is 0 Å². The third kappa shape index (κ3) is 2.21. The van der Waals surface area contributed by atoms with Crippen LogP contribution in [-0.2, 0) is 9.53 Å². The maximum Gasteiger partial charge on any atom is 0.308 e. The first-order valence-electron chi connectivity index (χ1n) is 4.50. The first-order chi connectivity index (χ1) is 5.61. The molecule has 12 heavy (non-hydrogen) atoms. The van der Waals surface area contributed by atoms with E-state index in [0.29, 0.717) is 0 Å². The third-order valence-corrected chi connectivity index (χ3v) is 2.16. The lowest BCUT2D eigenvalue weighted by atomic mass is 10.2. The third-order valence-electron chi connectivity index (χ3n) is 2.16. The molecule has 1 N–H and O–H groups in total. The number of carbonyl (C=O) groups excluding carboxylic acids is 1. The Balaban J connectivity index is 2.35. The molecule has 0 aromatic rings. The Bertz CT molecular complexity index is 165. The molecular weight excluding hydrogens is 156 g/mol. The molecule has 3 nitrogen and oxygen atoms in total. The minimum atomic E-state index is -0.437. The monoisotopic (exact) mass is 172 g/mol. The van der Waals surface area contributed by atoms with Crippen molar-refractivity contribution in [1.29, 1.82) is 0 Å². The zero-order valence-corrected chi connectivity index (χ0v) is 7.62. The van der Waals surface area contributed by atoms with Gasteiger partial charge in [-0.05, 0) is 19.3 Å². The fourth-order valence-electron chi connectivity index (χ4n) is 1.33. The average molecular weight is 172 g/mol. The summed E-state index contributed by atoms with van der Waals surface area (Å²) in [7, 11) is 0. The van der Waals surface area contributed by atoms with Gasteiger partial charge in [-0.3, -0.25) is 4.79 Å². The number of ether oxygens (including phenoxy) is 1. The van der Waals surface area contributed by atoms with Crippen LogP contribution in [0.3, 0.4) is 0 Å². The second-order valence-electron chi connectivity index (χ2n) is 3.63. The summed E-state index contributed by atoms with van der Waals surface area (Å²) >= 11 is 0. The minimum Gasteiger partial charge on any atom is -0.459 e. The minimum absolute atomic E-state index is 0.0993. The van der Waals surface area contributed by atoms with Crippen molar-refractivity contribution in [3.63, 3.8) is 0 Å². The molecule has 0 spiro atoms. The van der Waals surface area contributed by atoms with Gasteiger partial charge in [-0.2, -0.15) is 0 Å². The second-order valence-corrected chi connectivity index (χ2v) is 3.63. The lowest BCUT2D eigenvalue weighted by Crippen LogP contribution is -2.27. The van der Waals surface area contributed by atoms with Gasteiger partial charge >= 0.3 is 5.97 Å². The van der Waals surface area contributed by atoms with Crippen molar-refractivity contribution in [2.24, 2.45) is 5.92 Å². The maximum atomic E-state index is 11.1. The number of hydrogen-bond donors (Lipinski definition) is 1. The SMILES string of the molecule is CC(C)C(=O)OC1CCCC1O. The summed E-state index contributed by atoms with van der Waals surface area (Å²) in [5.41, 5.74) is 0. The quantitative estimate of drug-likeness (QED) is 0.634. The molecule has 1 fully saturated rings. The highest BCUT2D eigenvalue weighted by Crippen LogP contribution is 2.22. The molecule has 0 aromatic heterocycles. The summed E-state index contributed by atoms with van der Waals surface area (Å²) in [4.78, 5) is 11.1. The summed E-state index contributed by atoms with van der Waals surface area (Å²) in [6.07, 6.45) is 1.83. The molecule has 0 amide bonds. The summed E-state index contributed by atoms with van der Waals surface area (Å²) < 4.78 is 5.10. The van der Waals surface area contributed by atoms with E-state index in [1.54, 1.807) is 13.8 Å². The molecule has 2 atom stereocenters. The van der Waals surface area contributed by atoms with Crippen LogP contribution in [0.2, 0.25) is 0 Å². The van der Waals surface area contributed by atoms with E-state index in [-0.39, 0.29) is 18.0 Å². The average Bonchev–Trinajstić information content (AvgIpc) is 2.36. The van der Waals surface area contributed by atoms with Crippen LogP contribution in [0, 0.1) is 5.92 Å². The van der Waals surface area contributed by atoms with E-state index in [2.05, 4.69) is 0 Å². The van der Waals surface area contributed by atoms with Crippen molar-refractivity contribution in [2.45, 2.75) is 45.3 Å². The van der Waals surface area contributed by atoms with Gasteiger partial charge in [0, 0.05) is 0 Å². The Morgan fingerprint density at radius 2 is 2.17 bits per heavy atom. The predicted molar refractivity (Wildman–Crippen MR) is 44.6 cm³/mol. The van der Waals surface area contributed by atoms with Gasteiger partial charge in [-0.1, -0.05) is 13.8 Å². The Morgan fingerprint density at radius 3 is 2.58 bits per heavy atom. The molecule has 0 aliphatic heterocycles. The smallest absolute Gasteiger partial charge is 0.308 e. The first-order valence-corrected chi connectivity index (χ1v) is 4.50. The number of esters is 1. The highest BCUT2D eigenvalue weighted by atomic mass is 16.6. The molecular formula is C9H16O3. The van der Waals surface area contributed by atoms with Crippen molar-refractivity contribution in [3.05, 3.63) is 0 Å². The highest BCUT2D eigenvalue weighted by molar-refractivity contribution is 5.71. The Kier molecular flexibility index (Phi) is 3.09. The molecule has 0 aromatic carbocycles. The van der Waals surface area contributed by atoms with Crippen LogP contribution in [0.4, 0.5) is 0 Å². The van der Waals surface area contributed by atoms with Gasteiger partial charge < -0.3 is 9.84 Å². The molecule has 3 heteroatoms. The molecule has 1 aliphatic rings. The second kappa shape index (κ2) is 3.90. The molecule has 1 aliphatic carbocycles. The zero-order chi connectivity index (χ0) is 9.14. The topological polar surface area (TPSA) is 46.5 Å². The van der Waals surface area contributed by atoms with Crippen LogP contribution in [0.15, 0.2) is 0 Å². The summed E-state index contributed by atoms with van der Waals surface area (Å²) in [5.74, 6) is -0.307. The highest BCUT2D eigenvalue weighted by Gasteiger charge is 2.29. The number of hydrogen-bond acceptors (Lipinski definition) is 3. The first kappa shape index (κ1) is 9.52. The van der Waals surface area contributed by atoms with Gasteiger partial charge in [-0.15, -0.1) is 0 Å². The van der Waals surface area contributed by atoms with Crippen LogP contribution < -0.4 is 0 Å². The molecule has 0 saturated heterocycles. The summed E-state index contributed by atoms with van der Waals surface area (Å²) in [6.45, 7) is 3.59. The summed E-state index contributed by atoms with van der Waals surface area (Å²) in [5, 5.41) is 9.34. The van der Waals surface area contributed by atoms with Crippen LogP contribution in [0.1, 0.15) is 33.1 Å². The Morgan fingerprint density at radius 1 is 1.50 bits per heavy atom. The van der Waals surface area contributed by atoms with Crippen molar-refractivity contribution in [3.8, 4) is 0 Å². The van der Waals surface area contributed by atoms with Gasteiger partial charge in [0.1, 0.15) is 6.10 Å². The van der Waals surface area contributed by atoms with E-state index in [4.69, 9.17) is 4.74 Å². The van der Waals surface area contributed by atoms with Gasteiger partial charge in [0.25, 0.3) is 0 Å². The van der Waals surface area contributed by atoms with Crippen LogP contribution in [0.25, 0.3) is 0 Å². The van der Waals surface area contributed by atoms with Crippen molar-refractivity contribution in [1.82, 2.24) is 0 Å². The normalized spacial score (nSPS) is 29.3. The van der Waals surface area contributed by atoms with Crippen molar-refractivity contribution in [2.75, 3.05) is 0 Å². The van der Waals surface area contributed by atoms with Crippen molar-refractivity contribution >= 4 is 5.97 Å². The van der Waals surface area contributed by atoms with E-state index >= 15 is 0 Å². The maximum absolute atomic E-state index is 11.1. The largest absolute Gasteiger partial charge is 0.459 e. The van der Waals surface area contributed by atoms with E-state index in [0.717, 1.165) is 19.3 Å². The standard InChI is InChI=1S/C9H16O3/c1-6(2)9(11)12-8-5-3-4-7(8)10/h6-8,10H,3-5H2,1-2H3. The van der Waals surface area contributed by atoms with Crippen LogP contribution in [-0.4, -0.2) is 23.3 Å². The fraction of sp³-hybridized carbons (Fsp3) is 0.889. The van der Waals surface area contributed by atoms with E-state index < -0.39 is 6.10 Å². The molecule has 2 unspecified atom stereocenters. The molecule has 0 bridgehead atoms. The number of aliphatic hydroxyl groups is 1. The Labute approximate surface area is 72.7 Å².